The molecular formula is C17H23F3N4O6. The van der Waals surface area contributed by atoms with Crippen LogP contribution in [0, 0.1) is 5.92 Å². The predicted octanol–water partition coefficient (Wildman–Crippen LogP) is 0.622. The maximum absolute atomic E-state index is 12.0. The molecule has 2 aromatic rings. The Bertz CT molecular complexity index is 809. The molecule has 0 saturated carbocycles. The van der Waals surface area contributed by atoms with E-state index in [9.17, 15) is 28.2 Å². The minimum absolute atomic E-state index is 0.0951. The Morgan fingerprint density at radius 3 is 2.30 bits per heavy atom. The molecule has 0 saturated heterocycles. The third-order valence-electron chi connectivity index (χ3n) is 3.89. The van der Waals surface area contributed by atoms with Gasteiger partial charge in [0.25, 0.3) is 5.91 Å². The number of carboxylic acids is 1. The van der Waals surface area contributed by atoms with Crippen LogP contribution in [-0.2, 0) is 14.4 Å². The number of fused-ring (bicyclic) bond motifs is 1. The number of imidazole rings is 1. The highest BCUT2D eigenvalue weighted by Gasteiger charge is 2.38. The molecule has 0 spiro atoms. The van der Waals surface area contributed by atoms with Crippen LogP contribution in [0.2, 0.25) is 0 Å². The van der Waals surface area contributed by atoms with Crippen LogP contribution in [0.15, 0.2) is 24.3 Å². The van der Waals surface area contributed by atoms with Crippen molar-refractivity contribution < 1.29 is 42.9 Å². The standard InChI is InChI=1S/C15H22N4O4.C2HF3O2/c1-8(2)11(23-16)7-17-15(22)13(21)12(20)14-18-9-5-3-4-6-10(9)19-14;3-2(4,5)1(6)7/h3-6,8,11-13,20-21H,7,16H2,1-2H3,(H,17,22)(H,18,19);(H,6,7). The molecule has 30 heavy (non-hydrogen) atoms. The summed E-state index contributed by atoms with van der Waals surface area (Å²) in [5, 5.41) is 29.8. The van der Waals surface area contributed by atoms with Crippen LogP contribution in [0.3, 0.4) is 0 Å². The molecule has 3 unspecified atom stereocenters. The number of carbonyl (C=O) groups excluding carboxylic acids is 1. The van der Waals surface area contributed by atoms with Gasteiger partial charge in [-0.05, 0) is 18.1 Å². The average molecular weight is 436 g/mol. The molecule has 2 rings (SSSR count). The molecule has 1 aromatic heterocycles. The number of H-pyrrole nitrogens is 1. The summed E-state index contributed by atoms with van der Waals surface area (Å²) in [5.74, 6) is 1.90. The first kappa shape index (κ1) is 25.3. The molecule has 0 aliphatic rings. The number of aromatic nitrogens is 2. The van der Waals surface area contributed by atoms with Gasteiger partial charge in [-0.2, -0.15) is 13.2 Å². The Morgan fingerprint density at radius 1 is 1.27 bits per heavy atom. The van der Waals surface area contributed by atoms with Gasteiger partial charge >= 0.3 is 12.1 Å². The number of para-hydroxylation sites is 2. The number of benzene rings is 1. The van der Waals surface area contributed by atoms with Crippen molar-refractivity contribution in [2.24, 2.45) is 11.8 Å². The number of aromatic amines is 1. The van der Waals surface area contributed by atoms with Gasteiger partial charge in [-0.1, -0.05) is 26.0 Å². The fraction of sp³-hybridized carbons (Fsp3) is 0.471. The van der Waals surface area contributed by atoms with E-state index < -0.39 is 30.3 Å². The van der Waals surface area contributed by atoms with Crippen LogP contribution in [0.25, 0.3) is 11.0 Å². The number of nitrogens with two attached hydrogens (primary N) is 1. The van der Waals surface area contributed by atoms with E-state index in [1.807, 2.05) is 19.9 Å². The maximum Gasteiger partial charge on any atom is 0.490 e. The summed E-state index contributed by atoms with van der Waals surface area (Å²) in [6, 6.07) is 7.18. The number of alkyl halides is 3. The molecule has 168 valence electrons. The normalized spacial score (nSPS) is 14.6. The number of nitrogens with zero attached hydrogens (tertiary/aromatic N) is 1. The lowest BCUT2D eigenvalue weighted by Crippen LogP contribution is -2.44. The Hall–Kier alpha value is -2.74. The molecule has 7 N–H and O–H groups in total. The van der Waals surface area contributed by atoms with E-state index in [0.717, 1.165) is 0 Å². The highest BCUT2D eigenvalue weighted by Crippen LogP contribution is 2.18. The van der Waals surface area contributed by atoms with Gasteiger partial charge in [0.2, 0.25) is 0 Å². The maximum atomic E-state index is 12.0. The number of carboxylic acid groups (broad SMARTS) is 1. The zero-order valence-electron chi connectivity index (χ0n) is 16.1. The molecule has 1 heterocycles. The number of nitrogens with one attached hydrogen (secondary N) is 2. The third kappa shape index (κ3) is 7.26. The van der Waals surface area contributed by atoms with Crippen molar-refractivity contribution in [1.82, 2.24) is 15.3 Å². The van der Waals surface area contributed by atoms with Crippen LogP contribution in [-0.4, -0.2) is 62.1 Å². The van der Waals surface area contributed by atoms with Crippen molar-refractivity contribution in [3.63, 3.8) is 0 Å². The predicted molar refractivity (Wildman–Crippen MR) is 97.7 cm³/mol. The molecule has 3 atom stereocenters. The summed E-state index contributed by atoms with van der Waals surface area (Å²) in [6.07, 6.45) is -8.57. The van der Waals surface area contributed by atoms with E-state index in [4.69, 9.17) is 20.6 Å². The average Bonchev–Trinajstić information content (AvgIpc) is 3.10. The number of hydrogen-bond acceptors (Lipinski definition) is 7. The number of aliphatic carboxylic acids is 1. The lowest BCUT2D eigenvalue weighted by Gasteiger charge is -2.21. The van der Waals surface area contributed by atoms with Crippen LogP contribution in [0.1, 0.15) is 25.8 Å². The van der Waals surface area contributed by atoms with Crippen molar-refractivity contribution in [3.05, 3.63) is 30.1 Å². The van der Waals surface area contributed by atoms with Crippen LogP contribution in [0.5, 0.6) is 0 Å². The zero-order valence-corrected chi connectivity index (χ0v) is 16.1. The van der Waals surface area contributed by atoms with Gasteiger partial charge < -0.3 is 25.6 Å². The molecule has 10 nitrogen and oxygen atoms in total. The smallest absolute Gasteiger partial charge is 0.475 e. The first-order chi connectivity index (χ1) is 13.9. The largest absolute Gasteiger partial charge is 0.490 e. The SMILES string of the molecule is CC(C)C(CNC(=O)C(O)C(O)c1nc2ccccc2[nH]1)ON.O=C(O)C(F)(F)F. The Labute approximate surface area is 168 Å². The molecule has 13 heteroatoms. The lowest BCUT2D eigenvalue weighted by atomic mass is 10.1. The summed E-state index contributed by atoms with van der Waals surface area (Å²) in [6.45, 7) is 3.92. The monoisotopic (exact) mass is 436 g/mol. The lowest BCUT2D eigenvalue weighted by molar-refractivity contribution is -0.192. The summed E-state index contributed by atoms with van der Waals surface area (Å²) < 4.78 is 31.7. The number of rotatable bonds is 7. The van der Waals surface area contributed by atoms with Gasteiger partial charge in [0.15, 0.2) is 6.10 Å². The summed E-state index contributed by atoms with van der Waals surface area (Å²) in [5.41, 5.74) is 1.36. The number of amides is 1. The zero-order chi connectivity index (χ0) is 23.1. The van der Waals surface area contributed by atoms with Crippen molar-refractivity contribution >= 4 is 22.9 Å². The van der Waals surface area contributed by atoms with Gasteiger partial charge in [-0.25, -0.2) is 15.7 Å². The van der Waals surface area contributed by atoms with Crippen molar-refractivity contribution in [2.45, 2.75) is 38.3 Å². The summed E-state index contributed by atoms with van der Waals surface area (Å²) >= 11 is 0. The minimum atomic E-state index is -5.08. The van der Waals surface area contributed by atoms with Crippen LogP contribution >= 0.6 is 0 Å². The number of carbonyl (C=O) groups is 2. The second-order valence-electron chi connectivity index (χ2n) is 6.50. The molecule has 0 aliphatic carbocycles. The number of aliphatic hydroxyl groups is 2. The quantitative estimate of drug-likeness (QED) is 0.343. The van der Waals surface area contributed by atoms with Gasteiger partial charge in [0, 0.05) is 6.54 Å². The van der Waals surface area contributed by atoms with Crippen molar-refractivity contribution in [3.8, 4) is 0 Å². The van der Waals surface area contributed by atoms with Gasteiger partial charge in [0.1, 0.15) is 11.9 Å². The highest BCUT2D eigenvalue weighted by atomic mass is 19.4. The first-order valence-electron chi connectivity index (χ1n) is 8.62. The number of aliphatic hydroxyl groups excluding tert-OH is 2. The highest BCUT2D eigenvalue weighted by molar-refractivity contribution is 5.81. The molecular weight excluding hydrogens is 413 g/mol. The van der Waals surface area contributed by atoms with Crippen LogP contribution < -0.4 is 11.2 Å². The fourth-order valence-corrected chi connectivity index (χ4v) is 2.15. The van der Waals surface area contributed by atoms with Gasteiger partial charge in [0.05, 0.1) is 17.1 Å². The molecule has 1 aromatic carbocycles. The van der Waals surface area contributed by atoms with Crippen molar-refractivity contribution in [1.29, 1.82) is 0 Å². The Morgan fingerprint density at radius 2 is 1.83 bits per heavy atom. The van der Waals surface area contributed by atoms with Crippen LogP contribution in [0.4, 0.5) is 13.2 Å². The molecule has 0 fully saturated rings. The van der Waals surface area contributed by atoms with Gasteiger partial charge in [-0.3, -0.25) is 9.63 Å². The second-order valence-corrected chi connectivity index (χ2v) is 6.50. The van der Waals surface area contributed by atoms with E-state index in [2.05, 4.69) is 15.3 Å². The topological polar surface area (TPSA) is 171 Å². The van der Waals surface area contributed by atoms with E-state index in [0.29, 0.717) is 11.0 Å². The molecule has 1 amide bonds. The molecule has 0 aliphatic heterocycles. The molecule has 0 bridgehead atoms. The fourth-order valence-electron chi connectivity index (χ4n) is 2.15. The van der Waals surface area contributed by atoms with E-state index in [-0.39, 0.29) is 24.4 Å². The van der Waals surface area contributed by atoms with E-state index in [1.165, 1.54) is 0 Å². The summed E-state index contributed by atoms with van der Waals surface area (Å²) in [4.78, 5) is 32.6. The third-order valence-corrected chi connectivity index (χ3v) is 3.89. The minimum Gasteiger partial charge on any atom is -0.475 e. The Kier molecular flexibility index (Phi) is 9.17. The number of halogens is 3. The Balaban J connectivity index is 0.000000553. The number of hydrogen-bond donors (Lipinski definition) is 6. The van der Waals surface area contributed by atoms with Gasteiger partial charge in [-0.15, -0.1) is 0 Å². The second kappa shape index (κ2) is 10.9. The first-order valence-corrected chi connectivity index (χ1v) is 8.62. The van der Waals surface area contributed by atoms with E-state index >= 15 is 0 Å². The van der Waals surface area contributed by atoms with Crippen molar-refractivity contribution in [2.75, 3.05) is 6.54 Å². The van der Waals surface area contributed by atoms with E-state index in [1.54, 1.807) is 18.2 Å². The molecule has 0 radical (unpaired) electrons. The summed E-state index contributed by atoms with van der Waals surface area (Å²) in [7, 11) is 0.